The molecule has 2 atom stereocenters. The summed E-state index contributed by atoms with van der Waals surface area (Å²) < 4.78 is 30.2. The minimum absolute atomic E-state index is 0.0513. The summed E-state index contributed by atoms with van der Waals surface area (Å²) in [5, 5.41) is 0. The normalized spacial score (nSPS) is 22.6. The molecule has 3 nitrogen and oxygen atoms in total. The number of methoxy groups -OCH3 is 1. The Morgan fingerprint density at radius 2 is 2.12 bits per heavy atom. The van der Waals surface area contributed by atoms with E-state index < -0.39 is 0 Å². The van der Waals surface area contributed by atoms with Gasteiger partial charge in [-0.15, -0.1) is 0 Å². The lowest BCUT2D eigenvalue weighted by molar-refractivity contribution is 0.145. The lowest BCUT2D eigenvalue weighted by atomic mass is 10.1. The molecule has 94 valence electrons. The highest BCUT2D eigenvalue weighted by atomic mass is 79.9. The van der Waals surface area contributed by atoms with E-state index in [1.165, 1.54) is 6.07 Å². The Morgan fingerprint density at radius 1 is 1.41 bits per heavy atom. The van der Waals surface area contributed by atoms with Crippen molar-refractivity contribution in [1.29, 1.82) is 0 Å². The number of benzene rings is 1. The maximum atomic E-state index is 13.9. The fourth-order valence-corrected chi connectivity index (χ4v) is 2.09. The van der Waals surface area contributed by atoms with Crippen molar-refractivity contribution in [2.45, 2.75) is 19.1 Å². The number of halogens is 2. The van der Waals surface area contributed by atoms with Crippen molar-refractivity contribution in [3.05, 3.63) is 28.0 Å². The molecule has 0 aromatic heterocycles. The van der Waals surface area contributed by atoms with Crippen LogP contribution in [0, 0.1) is 5.82 Å². The maximum Gasteiger partial charge on any atom is 0.133 e. The number of ether oxygens (including phenoxy) is 3. The van der Waals surface area contributed by atoms with Crippen LogP contribution < -0.4 is 4.74 Å². The molecule has 1 aromatic carbocycles. The molecule has 1 aliphatic heterocycles. The zero-order valence-electron chi connectivity index (χ0n) is 9.70. The average Bonchev–Trinajstić information content (AvgIpc) is 2.94. The van der Waals surface area contributed by atoms with Gasteiger partial charge in [0.15, 0.2) is 0 Å². The van der Waals surface area contributed by atoms with Crippen LogP contribution in [0.1, 0.15) is 18.6 Å². The summed E-state index contributed by atoms with van der Waals surface area (Å²) in [4.78, 5) is 0. The molecule has 0 saturated carbocycles. The molecule has 1 heterocycles. The van der Waals surface area contributed by atoms with Gasteiger partial charge in [0, 0.05) is 11.6 Å². The Bertz CT molecular complexity index is 411. The van der Waals surface area contributed by atoms with Crippen molar-refractivity contribution < 1.29 is 18.6 Å². The van der Waals surface area contributed by atoms with E-state index in [1.54, 1.807) is 13.2 Å². The number of hydrogen-bond donors (Lipinski definition) is 0. The SMILES string of the molecule is COCCOc1cc(Br)cc(F)c1C1OC1C. The monoisotopic (exact) mass is 304 g/mol. The molecule has 1 saturated heterocycles. The minimum atomic E-state index is -0.304. The Kier molecular flexibility index (Phi) is 4.01. The van der Waals surface area contributed by atoms with Crippen LogP contribution in [-0.4, -0.2) is 26.4 Å². The highest BCUT2D eigenvalue weighted by molar-refractivity contribution is 9.10. The second-order valence-electron chi connectivity index (χ2n) is 3.90. The topological polar surface area (TPSA) is 31.0 Å². The Balaban J connectivity index is 2.21. The summed E-state index contributed by atoms with van der Waals surface area (Å²) in [5.74, 6) is 0.212. The molecule has 1 aromatic rings. The van der Waals surface area contributed by atoms with Crippen molar-refractivity contribution in [1.82, 2.24) is 0 Å². The van der Waals surface area contributed by atoms with Crippen molar-refractivity contribution >= 4 is 15.9 Å². The fraction of sp³-hybridized carbons (Fsp3) is 0.500. The van der Waals surface area contributed by atoms with Gasteiger partial charge in [0.2, 0.25) is 0 Å². The van der Waals surface area contributed by atoms with Crippen molar-refractivity contribution in [2.24, 2.45) is 0 Å². The zero-order valence-corrected chi connectivity index (χ0v) is 11.3. The Hall–Kier alpha value is -0.650. The second-order valence-corrected chi connectivity index (χ2v) is 4.82. The summed E-state index contributed by atoms with van der Waals surface area (Å²) in [6.45, 7) is 2.76. The molecule has 0 bridgehead atoms. The Labute approximate surface area is 108 Å². The van der Waals surface area contributed by atoms with Gasteiger partial charge in [-0.25, -0.2) is 4.39 Å². The van der Waals surface area contributed by atoms with Crippen LogP contribution in [0.4, 0.5) is 4.39 Å². The smallest absolute Gasteiger partial charge is 0.133 e. The molecule has 0 N–H and O–H groups in total. The molecule has 17 heavy (non-hydrogen) atoms. The average molecular weight is 305 g/mol. The molecule has 1 fully saturated rings. The highest BCUT2D eigenvalue weighted by Gasteiger charge is 2.40. The summed E-state index contributed by atoms with van der Waals surface area (Å²) >= 11 is 3.25. The van der Waals surface area contributed by atoms with Gasteiger partial charge in [-0.1, -0.05) is 15.9 Å². The van der Waals surface area contributed by atoms with E-state index in [9.17, 15) is 4.39 Å². The molecule has 0 amide bonds. The third-order valence-corrected chi connectivity index (χ3v) is 3.05. The van der Waals surface area contributed by atoms with E-state index in [4.69, 9.17) is 14.2 Å². The van der Waals surface area contributed by atoms with Gasteiger partial charge < -0.3 is 14.2 Å². The van der Waals surface area contributed by atoms with E-state index in [0.717, 1.165) is 0 Å². The van der Waals surface area contributed by atoms with Crippen molar-refractivity contribution in [3.63, 3.8) is 0 Å². The molecule has 2 rings (SSSR count). The van der Waals surface area contributed by atoms with E-state index >= 15 is 0 Å². The van der Waals surface area contributed by atoms with Crippen LogP contribution in [0.5, 0.6) is 5.75 Å². The van der Waals surface area contributed by atoms with Gasteiger partial charge in [0.1, 0.15) is 24.3 Å². The minimum Gasteiger partial charge on any atom is -0.491 e. The van der Waals surface area contributed by atoms with Gasteiger partial charge in [0.25, 0.3) is 0 Å². The first-order chi connectivity index (χ1) is 8.13. The van der Waals surface area contributed by atoms with Gasteiger partial charge >= 0.3 is 0 Å². The molecule has 5 heteroatoms. The van der Waals surface area contributed by atoms with Gasteiger partial charge in [-0.3, -0.25) is 0 Å². The van der Waals surface area contributed by atoms with Crippen molar-refractivity contribution in [3.8, 4) is 5.75 Å². The first kappa shape index (κ1) is 12.8. The zero-order chi connectivity index (χ0) is 12.4. The van der Waals surface area contributed by atoms with E-state index in [-0.39, 0.29) is 18.0 Å². The van der Waals surface area contributed by atoms with Crippen LogP contribution in [-0.2, 0) is 9.47 Å². The molecular formula is C12H14BrFO3. The van der Waals surface area contributed by atoms with Gasteiger partial charge in [0.05, 0.1) is 18.3 Å². The molecule has 0 aliphatic carbocycles. The van der Waals surface area contributed by atoms with Gasteiger partial charge in [-0.05, 0) is 19.1 Å². The van der Waals surface area contributed by atoms with Crippen LogP contribution in [0.2, 0.25) is 0 Å². The van der Waals surface area contributed by atoms with Crippen LogP contribution in [0.15, 0.2) is 16.6 Å². The number of rotatable bonds is 5. The predicted molar refractivity (Wildman–Crippen MR) is 64.8 cm³/mol. The standard InChI is InChI=1S/C12H14BrFO3/c1-7-12(17-7)11-9(14)5-8(13)6-10(11)16-4-3-15-2/h5-7,12H,3-4H2,1-2H3. The number of epoxide rings is 1. The van der Waals surface area contributed by atoms with E-state index in [0.29, 0.717) is 29.0 Å². The molecular weight excluding hydrogens is 291 g/mol. The first-order valence-corrected chi connectivity index (χ1v) is 6.19. The quantitative estimate of drug-likeness (QED) is 0.619. The third kappa shape index (κ3) is 2.97. The molecule has 1 aliphatic rings. The van der Waals surface area contributed by atoms with Crippen LogP contribution in [0.25, 0.3) is 0 Å². The summed E-state index contributed by atoms with van der Waals surface area (Å²) in [7, 11) is 1.60. The van der Waals surface area contributed by atoms with E-state index in [2.05, 4.69) is 15.9 Å². The van der Waals surface area contributed by atoms with E-state index in [1.807, 2.05) is 6.92 Å². The van der Waals surface area contributed by atoms with Crippen LogP contribution in [0.3, 0.4) is 0 Å². The second kappa shape index (κ2) is 5.33. The maximum absolute atomic E-state index is 13.9. The summed E-state index contributed by atoms with van der Waals surface area (Å²) in [6, 6.07) is 3.18. The molecule has 2 unspecified atom stereocenters. The molecule has 0 spiro atoms. The predicted octanol–water partition coefficient (Wildman–Crippen LogP) is 3.07. The Morgan fingerprint density at radius 3 is 2.71 bits per heavy atom. The number of hydrogen-bond acceptors (Lipinski definition) is 3. The summed E-state index contributed by atoms with van der Waals surface area (Å²) in [5.41, 5.74) is 0.497. The van der Waals surface area contributed by atoms with Crippen molar-refractivity contribution in [2.75, 3.05) is 20.3 Å². The fourth-order valence-electron chi connectivity index (χ4n) is 1.68. The summed E-state index contributed by atoms with van der Waals surface area (Å²) in [6.07, 6.45) is -0.143. The first-order valence-electron chi connectivity index (χ1n) is 5.39. The highest BCUT2D eigenvalue weighted by Crippen LogP contribution is 2.44. The van der Waals surface area contributed by atoms with Crippen LogP contribution >= 0.6 is 15.9 Å². The third-order valence-electron chi connectivity index (χ3n) is 2.60. The van der Waals surface area contributed by atoms with Gasteiger partial charge in [-0.2, -0.15) is 0 Å². The largest absolute Gasteiger partial charge is 0.491 e. The lowest BCUT2D eigenvalue weighted by Crippen LogP contribution is -2.07. The molecule has 0 radical (unpaired) electrons. The lowest BCUT2D eigenvalue weighted by Gasteiger charge is -2.11.